The maximum atomic E-state index is 11.6. The molecule has 0 aliphatic heterocycles. The molecule has 16 heavy (non-hydrogen) atoms. The van der Waals surface area contributed by atoms with Crippen molar-refractivity contribution in [2.75, 3.05) is 7.05 Å². The summed E-state index contributed by atoms with van der Waals surface area (Å²) in [5, 5.41) is 8.08. The molecule has 0 saturated heterocycles. The fourth-order valence-electron chi connectivity index (χ4n) is 1.56. The van der Waals surface area contributed by atoms with E-state index in [2.05, 4.69) is 22.9 Å². The highest BCUT2D eigenvalue weighted by Gasteiger charge is 2.34. The van der Waals surface area contributed by atoms with Gasteiger partial charge in [-0.25, -0.2) is 4.79 Å². The van der Waals surface area contributed by atoms with E-state index in [4.69, 9.17) is 0 Å². The first-order chi connectivity index (χ1) is 7.45. The molecule has 0 aromatic heterocycles. The van der Waals surface area contributed by atoms with Crippen LogP contribution in [0.4, 0.5) is 4.79 Å². The summed E-state index contributed by atoms with van der Waals surface area (Å²) in [5.74, 6) is 0.472. The van der Waals surface area contributed by atoms with E-state index in [1.807, 2.05) is 13.8 Å². The topological polar surface area (TPSA) is 70.2 Å². The van der Waals surface area contributed by atoms with Crippen LogP contribution in [-0.2, 0) is 4.79 Å². The quantitative estimate of drug-likeness (QED) is 0.653. The second-order valence-electron chi connectivity index (χ2n) is 4.77. The monoisotopic (exact) mass is 227 g/mol. The normalized spacial score (nSPS) is 24.8. The molecule has 5 heteroatoms. The van der Waals surface area contributed by atoms with Crippen LogP contribution in [0.3, 0.4) is 0 Å². The van der Waals surface area contributed by atoms with Gasteiger partial charge in [0.1, 0.15) is 6.04 Å². The van der Waals surface area contributed by atoms with Crippen LogP contribution in [0.25, 0.3) is 0 Å². The number of carbonyl (C=O) groups excluding carboxylic acids is 2. The molecule has 1 saturated carbocycles. The fourth-order valence-corrected chi connectivity index (χ4v) is 1.56. The highest BCUT2D eigenvalue weighted by Crippen LogP contribution is 2.28. The SMILES string of the molecule is CNC(=O)[C@H](NC(=O)N[C@@H]1C[C@@H]1C)C(C)C. The zero-order valence-corrected chi connectivity index (χ0v) is 10.3. The molecule has 0 heterocycles. The summed E-state index contributed by atoms with van der Waals surface area (Å²) >= 11 is 0. The molecule has 0 spiro atoms. The zero-order chi connectivity index (χ0) is 12.3. The van der Waals surface area contributed by atoms with Crippen molar-refractivity contribution in [3.8, 4) is 0 Å². The third-order valence-electron chi connectivity index (χ3n) is 2.91. The Hall–Kier alpha value is -1.26. The lowest BCUT2D eigenvalue weighted by molar-refractivity contribution is -0.123. The van der Waals surface area contributed by atoms with Crippen molar-refractivity contribution in [3.63, 3.8) is 0 Å². The third kappa shape index (κ3) is 3.40. The standard InChI is InChI=1S/C11H21N3O2/c1-6(2)9(10(15)12-4)14-11(16)13-8-5-7(8)3/h6-9H,5H2,1-4H3,(H,12,15)(H2,13,14,16)/t7-,8+,9+/m0/s1. The van der Waals surface area contributed by atoms with E-state index >= 15 is 0 Å². The molecule has 1 fully saturated rings. The Morgan fingerprint density at radius 1 is 1.31 bits per heavy atom. The van der Waals surface area contributed by atoms with Gasteiger partial charge in [0.2, 0.25) is 5.91 Å². The second kappa shape index (κ2) is 5.18. The molecule has 0 radical (unpaired) electrons. The third-order valence-corrected chi connectivity index (χ3v) is 2.91. The van der Waals surface area contributed by atoms with Crippen molar-refractivity contribution in [2.45, 2.75) is 39.3 Å². The molecule has 0 aromatic carbocycles. The van der Waals surface area contributed by atoms with E-state index in [0.717, 1.165) is 6.42 Å². The number of nitrogens with one attached hydrogen (secondary N) is 3. The number of hydrogen-bond donors (Lipinski definition) is 3. The van der Waals surface area contributed by atoms with Crippen LogP contribution < -0.4 is 16.0 Å². The van der Waals surface area contributed by atoms with Crippen molar-refractivity contribution < 1.29 is 9.59 Å². The molecular formula is C11H21N3O2. The first-order valence-electron chi connectivity index (χ1n) is 5.74. The number of likely N-dealkylation sites (N-methyl/N-ethyl adjacent to an activating group) is 1. The summed E-state index contributed by atoms with van der Waals surface area (Å²) in [6.07, 6.45) is 1.03. The molecule has 92 valence electrons. The van der Waals surface area contributed by atoms with Crippen LogP contribution in [0.2, 0.25) is 0 Å². The van der Waals surface area contributed by atoms with E-state index < -0.39 is 6.04 Å². The fraction of sp³-hybridized carbons (Fsp3) is 0.818. The van der Waals surface area contributed by atoms with Crippen molar-refractivity contribution in [2.24, 2.45) is 11.8 Å². The predicted octanol–water partition coefficient (Wildman–Crippen LogP) is 0.465. The molecule has 3 N–H and O–H groups in total. The van der Waals surface area contributed by atoms with E-state index in [1.54, 1.807) is 7.05 Å². The Bertz CT molecular complexity index is 278. The minimum absolute atomic E-state index is 0.0716. The van der Waals surface area contributed by atoms with Gasteiger partial charge in [0.05, 0.1) is 0 Å². The Balaban J connectivity index is 2.41. The van der Waals surface area contributed by atoms with Gasteiger partial charge in [0, 0.05) is 13.1 Å². The first kappa shape index (κ1) is 12.8. The predicted molar refractivity (Wildman–Crippen MR) is 61.9 cm³/mol. The molecule has 5 nitrogen and oxygen atoms in total. The van der Waals surface area contributed by atoms with Crippen molar-refractivity contribution >= 4 is 11.9 Å². The zero-order valence-electron chi connectivity index (χ0n) is 10.3. The lowest BCUT2D eigenvalue weighted by Gasteiger charge is -2.20. The lowest BCUT2D eigenvalue weighted by atomic mass is 10.0. The molecule has 1 aliphatic carbocycles. The molecule has 0 unspecified atom stereocenters. The largest absolute Gasteiger partial charge is 0.357 e. The van der Waals surface area contributed by atoms with Gasteiger partial charge in [-0.3, -0.25) is 4.79 Å². The summed E-state index contributed by atoms with van der Waals surface area (Å²) < 4.78 is 0. The van der Waals surface area contributed by atoms with Crippen LogP contribution in [0, 0.1) is 11.8 Å². The lowest BCUT2D eigenvalue weighted by Crippen LogP contribution is -2.52. The second-order valence-corrected chi connectivity index (χ2v) is 4.77. The van der Waals surface area contributed by atoms with Crippen LogP contribution in [-0.4, -0.2) is 31.1 Å². The maximum Gasteiger partial charge on any atom is 0.315 e. The average Bonchev–Trinajstić information content (AvgIpc) is 2.89. The Morgan fingerprint density at radius 2 is 1.88 bits per heavy atom. The Morgan fingerprint density at radius 3 is 2.25 bits per heavy atom. The highest BCUT2D eigenvalue weighted by molar-refractivity contribution is 5.87. The molecule has 0 bridgehead atoms. The van der Waals surface area contributed by atoms with Crippen molar-refractivity contribution in [1.82, 2.24) is 16.0 Å². The summed E-state index contributed by atoms with van der Waals surface area (Å²) in [6.45, 7) is 5.89. The van der Waals surface area contributed by atoms with Crippen LogP contribution in [0.15, 0.2) is 0 Å². The van der Waals surface area contributed by atoms with E-state index in [0.29, 0.717) is 5.92 Å². The summed E-state index contributed by atoms with van der Waals surface area (Å²) in [4.78, 5) is 23.1. The number of carbonyl (C=O) groups is 2. The smallest absolute Gasteiger partial charge is 0.315 e. The van der Waals surface area contributed by atoms with Gasteiger partial charge in [-0.15, -0.1) is 0 Å². The average molecular weight is 227 g/mol. The summed E-state index contributed by atoms with van der Waals surface area (Å²) in [6, 6.07) is -0.451. The van der Waals surface area contributed by atoms with Crippen molar-refractivity contribution in [3.05, 3.63) is 0 Å². The molecule has 1 rings (SSSR count). The van der Waals surface area contributed by atoms with E-state index in [9.17, 15) is 9.59 Å². The number of rotatable bonds is 4. The van der Waals surface area contributed by atoms with Gasteiger partial charge in [-0.2, -0.15) is 0 Å². The summed E-state index contributed by atoms with van der Waals surface area (Å²) in [5.41, 5.74) is 0. The van der Waals surface area contributed by atoms with Gasteiger partial charge >= 0.3 is 6.03 Å². The van der Waals surface area contributed by atoms with E-state index in [1.165, 1.54) is 0 Å². The highest BCUT2D eigenvalue weighted by atomic mass is 16.2. The van der Waals surface area contributed by atoms with Gasteiger partial charge in [0.15, 0.2) is 0 Å². The van der Waals surface area contributed by atoms with Crippen LogP contribution in [0.1, 0.15) is 27.2 Å². The molecule has 3 amide bonds. The van der Waals surface area contributed by atoms with Crippen molar-refractivity contribution in [1.29, 1.82) is 0 Å². The Kier molecular flexibility index (Phi) is 4.15. The van der Waals surface area contributed by atoms with Gasteiger partial charge in [-0.05, 0) is 18.3 Å². The molecular weight excluding hydrogens is 206 g/mol. The minimum Gasteiger partial charge on any atom is -0.357 e. The maximum absolute atomic E-state index is 11.6. The number of hydrogen-bond acceptors (Lipinski definition) is 2. The number of urea groups is 1. The van der Waals surface area contributed by atoms with Gasteiger partial charge < -0.3 is 16.0 Å². The molecule has 1 aliphatic rings. The minimum atomic E-state index is -0.473. The van der Waals surface area contributed by atoms with Gasteiger partial charge in [0.25, 0.3) is 0 Å². The first-order valence-corrected chi connectivity index (χ1v) is 5.74. The summed E-state index contributed by atoms with van der Waals surface area (Å²) in [7, 11) is 1.57. The van der Waals surface area contributed by atoms with Gasteiger partial charge in [-0.1, -0.05) is 20.8 Å². The van der Waals surface area contributed by atoms with E-state index in [-0.39, 0.29) is 23.9 Å². The number of amides is 3. The molecule has 3 atom stereocenters. The molecule has 0 aromatic rings. The Labute approximate surface area is 96.4 Å². The van der Waals surface area contributed by atoms with Crippen LogP contribution in [0.5, 0.6) is 0 Å². The van der Waals surface area contributed by atoms with Crippen LogP contribution >= 0.6 is 0 Å².